The topological polar surface area (TPSA) is 57.3 Å². The summed E-state index contributed by atoms with van der Waals surface area (Å²) in [6, 6.07) is 4.33. The Balaban J connectivity index is 2.16. The van der Waals surface area contributed by atoms with Crippen molar-refractivity contribution in [2.24, 2.45) is 0 Å². The molecule has 0 amide bonds. The largest absolute Gasteiger partial charge is 0.391 e. The Morgan fingerprint density at radius 1 is 1.45 bits per heavy atom. The molecule has 0 bridgehead atoms. The third-order valence-corrected chi connectivity index (χ3v) is 3.17. The first kappa shape index (κ1) is 15.0. The van der Waals surface area contributed by atoms with Gasteiger partial charge in [-0.25, -0.2) is 0 Å². The fourth-order valence-corrected chi connectivity index (χ4v) is 2.43. The molecule has 0 saturated heterocycles. The summed E-state index contributed by atoms with van der Waals surface area (Å²) in [7, 11) is 0. The van der Waals surface area contributed by atoms with Crippen LogP contribution in [0, 0.1) is 0 Å². The number of H-pyrrole nitrogens is 1. The van der Waals surface area contributed by atoms with Crippen molar-refractivity contribution in [2.75, 3.05) is 6.61 Å². The van der Waals surface area contributed by atoms with E-state index in [1.807, 2.05) is 24.4 Å². The molecule has 2 unspecified atom stereocenters. The number of allylic oxidation sites excluding steroid dienone is 2. The quantitative estimate of drug-likeness (QED) is 0.700. The zero-order valence-corrected chi connectivity index (χ0v) is 12.4. The van der Waals surface area contributed by atoms with Gasteiger partial charge in [0.15, 0.2) is 0 Å². The zero-order chi connectivity index (χ0) is 14.6. The molecule has 110 valence electrons. The molecule has 3 N–H and O–H groups in total. The Morgan fingerprint density at radius 3 is 2.85 bits per heavy atom. The molecule has 20 heavy (non-hydrogen) atoms. The van der Waals surface area contributed by atoms with E-state index in [1.54, 1.807) is 6.92 Å². The summed E-state index contributed by atoms with van der Waals surface area (Å²) < 4.78 is 5.97. The molecule has 1 aromatic heterocycles. The van der Waals surface area contributed by atoms with Gasteiger partial charge >= 0.3 is 0 Å². The van der Waals surface area contributed by atoms with E-state index in [0.717, 1.165) is 12.1 Å². The molecule has 2 atom stereocenters. The van der Waals surface area contributed by atoms with Crippen LogP contribution in [0.4, 0.5) is 0 Å². The van der Waals surface area contributed by atoms with Gasteiger partial charge in [-0.15, -0.1) is 0 Å². The monoisotopic (exact) mass is 276 g/mol. The maximum atomic E-state index is 9.48. The van der Waals surface area contributed by atoms with E-state index < -0.39 is 11.8 Å². The molecule has 4 heteroatoms. The fourth-order valence-electron chi connectivity index (χ4n) is 2.43. The molecule has 0 spiro atoms. The van der Waals surface area contributed by atoms with E-state index in [4.69, 9.17) is 4.74 Å². The van der Waals surface area contributed by atoms with Crippen molar-refractivity contribution in [3.8, 4) is 0 Å². The summed E-state index contributed by atoms with van der Waals surface area (Å²) in [5, 5.41) is 13.0. The van der Waals surface area contributed by atoms with Gasteiger partial charge in [-0.05, 0) is 44.6 Å². The van der Waals surface area contributed by atoms with Gasteiger partial charge in [0.1, 0.15) is 5.72 Å². The second-order valence-electron chi connectivity index (χ2n) is 5.66. The Morgan fingerprint density at radius 2 is 2.25 bits per heavy atom. The lowest BCUT2D eigenvalue weighted by atomic mass is 9.94. The predicted octanol–water partition coefficient (Wildman–Crippen LogP) is 2.45. The minimum atomic E-state index is -0.555. The molecule has 0 radical (unpaired) electrons. The molecule has 0 fully saturated rings. The number of rotatable bonds is 6. The highest BCUT2D eigenvalue weighted by atomic mass is 16.5. The lowest BCUT2D eigenvalue weighted by molar-refractivity contribution is -0.0682. The summed E-state index contributed by atoms with van der Waals surface area (Å²) in [6.45, 7) is 6.22. The standard InChI is InChI=1S/C16H24N2O2/c1-12(2)18-16(20-11-13(3)19)8-4-6-14(10-16)15-7-5-9-17-15/h4-9,12-13,17-19H,10-11H2,1-3H3. The molecule has 0 aromatic carbocycles. The third kappa shape index (κ3) is 3.82. The summed E-state index contributed by atoms with van der Waals surface area (Å²) in [5.74, 6) is 0. The lowest BCUT2D eigenvalue weighted by Crippen LogP contribution is -2.51. The second-order valence-corrected chi connectivity index (χ2v) is 5.66. The van der Waals surface area contributed by atoms with Gasteiger partial charge in [0.05, 0.1) is 12.7 Å². The van der Waals surface area contributed by atoms with Crippen LogP contribution in [0.2, 0.25) is 0 Å². The number of ether oxygens (including phenoxy) is 1. The van der Waals surface area contributed by atoms with E-state index in [-0.39, 0.29) is 6.04 Å². The summed E-state index contributed by atoms with van der Waals surface area (Å²) in [5.41, 5.74) is 1.74. The van der Waals surface area contributed by atoms with Crippen LogP contribution in [-0.2, 0) is 4.74 Å². The molecule has 0 saturated carbocycles. The minimum Gasteiger partial charge on any atom is -0.391 e. The lowest BCUT2D eigenvalue weighted by Gasteiger charge is -2.36. The number of hydrogen-bond donors (Lipinski definition) is 3. The SMILES string of the molecule is CC(O)COC1(NC(C)C)C=CC=C(c2ccc[nH]2)C1. The van der Waals surface area contributed by atoms with Crippen LogP contribution in [0.3, 0.4) is 0 Å². The Kier molecular flexibility index (Phi) is 4.81. The van der Waals surface area contributed by atoms with Gasteiger partial charge in [0, 0.05) is 24.4 Å². The first-order valence-electron chi connectivity index (χ1n) is 7.13. The van der Waals surface area contributed by atoms with Crippen LogP contribution in [-0.4, -0.2) is 34.6 Å². The van der Waals surface area contributed by atoms with Gasteiger partial charge in [0.2, 0.25) is 0 Å². The van der Waals surface area contributed by atoms with E-state index in [2.05, 4.69) is 36.3 Å². The number of aromatic nitrogens is 1. The number of hydrogen-bond acceptors (Lipinski definition) is 3. The molecule has 1 heterocycles. The highest BCUT2D eigenvalue weighted by Crippen LogP contribution is 2.30. The van der Waals surface area contributed by atoms with Gasteiger partial charge in [-0.1, -0.05) is 12.2 Å². The van der Waals surface area contributed by atoms with Crippen molar-refractivity contribution in [1.29, 1.82) is 0 Å². The Hall–Kier alpha value is -1.36. The normalized spacial score (nSPS) is 23.9. The van der Waals surface area contributed by atoms with E-state index >= 15 is 0 Å². The first-order valence-corrected chi connectivity index (χ1v) is 7.13. The van der Waals surface area contributed by atoms with Crippen LogP contribution in [0.1, 0.15) is 32.9 Å². The van der Waals surface area contributed by atoms with Crippen molar-refractivity contribution in [3.63, 3.8) is 0 Å². The number of nitrogens with one attached hydrogen (secondary N) is 2. The fraction of sp³-hybridized carbons (Fsp3) is 0.500. The predicted molar refractivity (Wildman–Crippen MR) is 81.2 cm³/mol. The molecular weight excluding hydrogens is 252 g/mol. The van der Waals surface area contributed by atoms with Gasteiger partial charge < -0.3 is 14.8 Å². The molecule has 4 nitrogen and oxygen atoms in total. The third-order valence-electron chi connectivity index (χ3n) is 3.17. The minimum absolute atomic E-state index is 0.289. The number of aromatic amines is 1. The van der Waals surface area contributed by atoms with Crippen molar-refractivity contribution in [1.82, 2.24) is 10.3 Å². The van der Waals surface area contributed by atoms with Crippen LogP contribution < -0.4 is 5.32 Å². The molecule has 2 rings (SSSR count). The van der Waals surface area contributed by atoms with E-state index in [9.17, 15) is 5.11 Å². The first-order chi connectivity index (χ1) is 9.51. The van der Waals surface area contributed by atoms with Crippen molar-refractivity contribution < 1.29 is 9.84 Å². The summed E-state index contributed by atoms with van der Waals surface area (Å²) in [6.07, 6.45) is 8.31. The molecule has 1 aliphatic rings. The number of aliphatic hydroxyl groups is 1. The van der Waals surface area contributed by atoms with Crippen molar-refractivity contribution >= 4 is 5.57 Å². The molecular formula is C16H24N2O2. The second kappa shape index (κ2) is 6.39. The molecule has 1 aromatic rings. The van der Waals surface area contributed by atoms with Gasteiger partial charge in [-0.2, -0.15) is 0 Å². The Labute approximate surface area is 120 Å². The number of aliphatic hydroxyl groups excluding tert-OH is 1. The van der Waals surface area contributed by atoms with Gasteiger partial charge in [0.25, 0.3) is 0 Å². The zero-order valence-electron chi connectivity index (χ0n) is 12.4. The smallest absolute Gasteiger partial charge is 0.143 e. The summed E-state index contributed by atoms with van der Waals surface area (Å²) >= 11 is 0. The van der Waals surface area contributed by atoms with E-state index in [1.165, 1.54) is 5.57 Å². The van der Waals surface area contributed by atoms with Gasteiger partial charge in [-0.3, -0.25) is 5.32 Å². The van der Waals surface area contributed by atoms with Crippen LogP contribution in [0.25, 0.3) is 5.57 Å². The summed E-state index contributed by atoms with van der Waals surface area (Å²) in [4.78, 5) is 3.23. The maximum Gasteiger partial charge on any atom is 0.143 e. The van der Waals surface area contributed by atoms with E-state index in [0.29, 0.717) is 6.61 Å². The molecule has 1 aliphatic carbocycles. The van der Waals surface area contributed by atoms with Crippen LogP contribution in [0.5, 0.6) is 0 Å². The maximum absolute atomic E-state index is 9.48. The van der Waals surface area contributed by atoms with Crippen molar-refractivity contribution in [3.05, 3.63) is 42.3 Å². The van der Waals surface area contributed by atoms with Crippen molar-refractivity contribution in [2.45, 2.75) is 45.1 Å². The molecule has 0 aliphatic heterocycles. The average molecular weight is 276 g/mol. The highest BCUT2D eigenvalue weighted by Gasteiger charge is 2.32. The highest BCUT2D eigenvalue weighted by molar-refractivity contribution is 5.67. The van der Waals surface area contributed by atoms with Crippen LogP contribution >= 0.6 is 0 Å². The Bertz CT molecular complexity index is 475. The average Bonchev–Trinajstić information content (AvgIpc) is 2.90. The van der Waals surface area contributed by atoms with Crippen LogP contribution in [0.15, 0.2) is 36.6 Å².